The molecule has 1 fully saturated rings. The fraction of sp³-hybridized carbons (Fsp3) is 0.409. The van der Waals surface area contributed by atoms with E-state index in [0.29, 0.717) is 12.0 Å². The summed E-state index contributed by atoms with van der Waals surface area (Å²) in [4.78, 5) is 14.5. The number of amides is 1. The Morgan fingerprint density at radius 3 is 2.70 bits per heavy atom. The van der Waals surface area contributed by atoms with Gasteiger partial charge in [0.25, 0.3) is 0 Å². The van der Waals surface area contributed by atoms with Crippen LogP contribution in [0.2, 0.25) is 0 Å². The lowest BCUT2D eigenvalue weighted by molar-refractivity contribution is 0.0332. The molecule has 1 saturated heterocycles. The summed E-state index contributed by atoms with van der Waals surface area (Å²) in [7, 11) is 0. The van der Waals surface area contributed by atoms with Crippen molar-refractivity contribution >= 4 is 6.09 Å². The number of rotatable bonds is 6. The van der Waals surface area contributed by atoms with Crippen LogP contribution in [0.1, 0.15) is 49.8 Å². The molecule has 0 radical (unpaired) electrons. The molecule has 0 aliphatic carbocycles. The maximum atomic E-state index is 13.6. The number of hydrogen-bond donors (Lipinski definition) is 1. The lowest BCUT2D eigenvalue weighted by Gasteiger charge is -2.32. The number of halogens is 1. The average Bonchev–Trinajstić information content (AvgIpc) is 3.10. The van der Waals surface area contributed by atoms with Gasteiger partial charge in [-0.15, -0.1) is 0 Å². The van der Waals surface area contributed by atoms with Crippen LogP contribution in [0.5, 0.6) is 0 Å². The van der Waals surface area contributed by atoms with Crippen molar-refractivity contribution in [2.75, 3.05) is 0 Å². The predicted octanol–water partition coefficient (Wildman–Crippen LogP) is 4.83. The Balaban J connectivity index is 1.75. The molecule has 5 heteroatoms. The van der Waals surface area contributed by atoms with Crippen molar-refractivity contribution in [3.63, 3.8) is 0 Å². The number of benzene rings is 2. The van der Waals surface area contributed by atoms with E-state index in [2.05, 4.69) is 6.92 Å². The average molecular weight is 371 g/mol. The third-order valence-corrected chi connectivity index (χ3v) is 5.14. The molecule has 1 aliphatic heterocycles. The summed E-state index contributed by atoms with van der Waals surface area (Å²) in [5.74, 6) is -0.396. The molecule has 0 unspecified atom stereocenters. The molecule has 2 aromatic rings. The number of carbonyl (C=O) groups is 1. The highest BCUT2D eigenvalue weighted by molar-refractivity contribution is 5.69. The van der Waals surface area contributed by atoms with E-state index >= 15 is 0 Å². The second-order valence-electron chi connectivity index (χ2n) is 7.03. The second kappa shape index (κ2) is 9.00. The number of aliphatic hydroxyl groups is 1. The Hall–Kier alpha value is -2.40. The van der Waals surface area contributed by atoms with E-state index in [4.69, 9.17) is 4.74 Å². The van der Waals surface area contributed by atoms with Gasteiger partial charge in [-0.3, -0.25) is 4.90 Å². The van der Waals surface area contributed by atoms with Crippen LogP contribution in [-0.4, -0.2) is 28.2 Å². The third-order valence-electron chi connectivity index (χ3n) is 5.14. The largest absolute Gasteiger partial charge is 0.445 e. The van der Waals surface area contributed by atoms with Gasteiger partial charge in [-0.25, -0.2) is 9.18 Å². The van der Waals surface area contributed by atoms with Crippen LogP contribution in [0.3, 0.4) is 0 Å². The normalized spacial score (nSPS) is 20.5. The van der Waals surface area contributed by atoms with E-state index in [9.17, 15) is 14.3 Å². The minimum atomic E-state index is -0.938. The van der Waals surface area contributed by atoms with Gasteiger partial charge in [0.2, 0.25) is 0 Å². The topological polar surface area (TPSA) is 49.8 Å². The quantitative estimate of drug-likeness (QED) is 0.791. The van der Waals surface area contributed by atoms with Gasteiger partial charge in [-0.05, 0) is 42.5 Å². The van der Waals surface area contributed by atoms with Crippen LogP contribution in [0.25, 0.3) is 0 Å². The van der Waals surface area contributed by atoms with Crippen LogP contribution in [0, 0.1) is 5.82 Å². The van der Waals surface area contributed by atoms with E-state index in [0.717, 1.165) is 24.8 Å². The maximum absolute atomic E-state index is 13.6. The summed E-state index contributed by atoms with van der Waals surface area (Å²) in [5, 5.41) is 10.8. The van der Waals surface area contributed by atoms with Crippen LogP contribution in [0.4, 0.5) is 9.18 Å². The van der Waals surface area contributed by atoms with Crippen molar-refractivity contribution in [3.05, 3.63) is 71.5 Å². The smallest absolute Gasteiger partial charge is 0.410 e. The van der Waals surface area contributed by atoms with Crippen molar-refractivity contribution in [3.8, 4) is 0 Å². The SMILES string of the molecule is CCC[C@H]1CC[C@@H]([C@H](O)c2cccc(F)c2)N1C(=O)OCc1ccccc1. The number of carbonyl (C=O) groups excluding carboxylic acids is 1. The summed E-state index contributed by atoms with van der Waals surface area (Å²) >= 11 is 0. The minimum absolute atomic E-state index is 0.0338. The number of ether oxygens (including phenoxy) is 1. The van der Waals surface area contributed by atoms with Crippen molar-refractivity contribution in [1.29, 1.82) is 0 Å². The number of hydrogen-bond acceptors (Lipinski definition) is 3. The highest BCUT2D eigenvalue weighted by Gasteiger charge is 2.41. The standard InChI is InChI=1S/C22H26FNO3/c1-2-7-19-12-13-20(21(25)17-10-6-11-18(23)14-17)24(19)22(26)27-15-16-8-4-3-5-9-16/h3-6,8-11,14,19-21,25H,2,7,12-13,15H2,1H3/t19-,20-,21+/m0/s1. The van der Waals surface area contributed by atoms with Gasteiger partial charge in [0, 0.05) is 6.04 Å². The Bertz CT molecular complexity index is 752. The molecule has 0 bridgehead atoms. The first-order valence-electron chi connectivity index (χ1n) is 9.52. The molecule has 3 atom stereocenters. The van der Waals surface area contributed by atoms with Crippen molar-refractivity contribution in [2.24, 2.45) is 0 Å². The van der Waals surface area contributed by atoms with Crippen LogP contribution in [-0.2, 0) is 11.3 Å². The Morgan fingerprint density at radius 1 is 1.22 bits per heavy atom. The van der Waals surface area contributed by atoms with E-state index in [1.165, 1.54) is 12.1 Å². The highest BCUT2D eigenvalue weighted by Crippen LogP contribution is 2.35. The van der Waals surface area contributed by atoms with Gasteiger partial charge in [0.15, 0.2) is 0 Å². The zero-order valence-corrected chi connectivity index (χ0v) is 15.6. The first kappa shape index (κ1) is 19.4. The van der Waals surface area contributed by atoms with Crippen molar-refractivity contribution < 1.29 is 19.0 Å². The Morgan fingerprint density at radius 2 is 2.00 bits per heavy atom. The first-order chi connectivity index (χ1) is 13.1. The van der Waals surface area contributed by atoms with Crippen LogP contribution >= 0.6 is 0 Å². The van der Waals surface area contributed by atoms with Gasteiger partial charge in [-0.2, -0.15) is 0 Å². The Kier molecular flexibility index (Phi) is 6.45. The minimum Gasteiger partial charge on any atom is -0.445 e. The molecule has 2 aromatic carbocycles. The molecule has 3 rings (SSSR count). The van der Waals surface area contributed by atoms with Crippen molar-refractivity contribution in [2.45, 2.75) is 57.4 Å². The molecule has 0 spiro atoms. The molecular formula is C22H26FNO3. The fourth-order valence-electron chi connectivity index (χ4n) is 3.83. The summed E-state index contributed by atoms with van der Waals surface area (Å²) in [6.07, 6.45) is 1.92. The second-order valence-corrected chi connectivity index (χ2v) is 7.03. The summed E-state index contributed by atoms with van der Waals surface area (Å²) in [6, 6.07) is 15.1. The fourth-order valence-corrected chi connectivity index (χ4v) is 3.83. The number of aliphatic hydroxyl groups excluding tert-OH is 1. The number of likely N-dealkylation sites (tertiary alicyclic amines) is 1. The first-order valence-corrected chi connectivity index (χ1v) is 9.52. The molecule has 1 N–H and O–H groups in total. The van der Waals surface area contributed by atoms with E-state index in [-0.39, 0.29) is 12.6 Å². The third kappa shape index (κ3) is 4.66. The zero-order valence-electron chi connectivity index (χ0n) is 15.6. The molecule has 1 heterocycles. The molecule has 1 aliphatic rings. The monoisotopic (exact) mass is 371 g/mol. The van der Waals surface area contributed by atoms with Gasteiger partial charge in [0.05, 0.1) is 12.1 Å². The van der Waals surface area contributed by atoms with Gasteiger partial charge >= 0.3 is 6.09 Å². The van der Waals surface area contributed by atoms with E-state index in [1.54, 1.807) is 17.0 Å². The predicted molar refractivity (Wildman–Crippen MR) is 102 cm³/mol. The maximum Gasteiger partial charge on any atom is 0.410 e. The molecule has 144 valence electrons. The summed E-state index contributed by atoms with van der Waals surface area (Å²) < 4.78 is 19.1. The van der Waals surface area contributed by atoms with Gasteiger partial charge in [-0.1, -0.05) is 55.8 Å². The highest BCUT2D eigenvalue weighted by atomic mass is 19.1. The zero-order chi connectivity index (χ0) is 19.2. The molecule has 4 nitrogen and oxygen atoms in total. The molecule has 0 saturated carbocycles. The van der Waals surface area contributed by atoms with Gasteiger partial charge < -0.3 is 9.84 Å². The Labute approximate surface area is 159 Å². The summed E-state index contributed by atoms with van der Waals surface area (Å²) in [5.41, 5.74) is 1.40. The summed E-state index contributed by atoms with van der Waals surface area (Å²) in [6.45, 7) is 2.27. The van der Waals surface area contributed by atoms with Gasteiger partial charge in [0.1, 0.15) is 12.4 Å². The number of nitrogens with zero attached hydrogens (tertiary/aromatic N) is 1. The lowest BCUT2D eigenvalue weighted by atomic mass is 10.0. The lowest BCUT2D eigenvalue weighted by Crippen LogP contribution is -2.44. The van der Waals surface area contributed by atoms with E-state index in [1.807, 2.05) is 30.3 Å². The van der Waals surface area contributed by atoms with E-state index < -0.39 is 24.1 Å². The van der Waals surface area contributed by atoms with Crippen molar-refractivity contribution in [1.82, 2.24) is 4.90 Å². The molecule has 1 amide bonds. The molecular weight excluding hydrogens is 345 g/mol. The van der Waals surface area contributed by atoms with Crippen LogP contribution in [0.15, 0.2) is 54.6 Å². The molecule has 0 aromatic heterocycles. The van der Waals surface area contributed by atoms with Crippen LogP contribution < -0.4 is 0 Å². The molecule has 27 heavy (non-hydrogen) atoms.